The Labute approximate surface area is 84.4 Å². The third kappa shape index (κ3) is 2.66. The molecule has 13 heavy (non-hydrogen) atoms. The van der Waals surface area contributed by atoms with Gasteiger partial charge < -0.3 is 0 Å². The van der Waals surface area contributed by atoms with Crippen LogP contribution in [0, 0.1) is 10.1 Å². The third-order valence-corrected chi connectivity index (χ3v) is 1.89. The first-order chi connectivity index (χ1) is 6.25. The van der Waals surface area contributed by atoms with Crippen LogP contribution in [0.1, 0.15) is 5.56 Å². The first-order valence-corrected chi connectivity index (χ1v) is 4.84. The Hall–Kier alpha value is -1.16. The second-order valence-electron chi connectivity index (χ2n) is 2.37. The van der Waals surface area contributed by atoms with Crippen molar-refractivity contribution >= 4 is 27.7 Å². The standard InChI is InChI=1S/C9H8BrNO2/c10-7-3-5-8-4-1-2-6-9(8)11(12)13/h1-6H,7H2. The van der Waals surface area contributed by atoms with E-state index in [1.807, 2.05) is 6.08 Å². The average molecular weight is 242 g/mol. The summed E-state index contributed by atoms with van der Waals surface area (Å²) < 4.78 is 0. The fourth-order valence-corrected chi connectivity index (χ4v) is 1.15. The van der Waals surface area contributed by atoms with Crippen molar-refractivity contribution in [2.75, 3.05) is 5.33 Å². The number of nitrogens with zero attached hydrogens (tertiary/aromatic N) is 1. The summed E-state index contributed by atoms with van der Waals surface area (Å²) in [6, 6.07) is 6.65. The van der Waals surface area contributed by atoms with E-state index in [0.29, 0.717) is 10.9 Å². The van der Waals surface area contributed by atoms with Crippen LogP contribution in [-0.4, -0.2) is 10.3 Å². The van der Waals surface area contributed by atoms with Crippen molar-refractivity contribution in [3.63, 3.8) is 0 Å². The molecule has 0 atom stereocenters. The quantitative estimate of drug-likeness (QED) is 0.464. The molecule has 0 aromatic heterocycles. The van der Waals surface area contributed by atoms with Crippen molar-refractivity contribution in [2.24, 2.45) is 0 Å². The topological polar surface area (TPSA) is 43.1 Å². The minimum Gasteiger partial charge on any atom is -0.258 e. The summed E-state index contributed by atoms with van der Waals surface area (Å²) in [7, 11) is 0. The summed E-state index contributed by atoms with van der Waals surface area (Å²) >= 11 is 3.21. The lowest BCUT2D eigenvalue weighted by molar-refractivity contribution is -0.385. The van der Waals surface area contributed by atoms with Gasteiger partial charge in [-0.2, -0.15) is 0 Å². The SMILES string of the molecule is O=[N+]([O-])c1ccccc1C=CCBr. The van der Waals surface area contributed by atoms with Gasteiger partial charge in [0.25, 0.3) is 5.69 Å². The van der Waals surface area contributed by atoms with Crippen molar-refractivity contribution in [1.82, 2.24) is 0 Å². The van der Waals surface area contributed by atoms with Gasteiger partial charge in [0.1, 0.15) is 0 Å². The molecule has 0 saturated heterocycles. The van der Waals surface area contributed by atoms with Gasteiger partial charge in [0.05, 0.1) is 10.5 Å². The van der Waals surface area contributed by atoms with Crippen molar-refractivity contribution < 1.29 is 4.92 Å². The summed E-state index contributed by atoms with van der Waals surface area (Å²) in [6.07, 6.45) is 3.55. The Morgan fingerprint density at radius 3 is 2.77 bits per heavy atom. The van der Waals surface area contributed by atoms with E-state index in [4.69, 9.17) is 0 Å². The van der Waals surface area contributed by atoms with Gasteiger partial charge in [0.15, 0.2) is 0 Å². The van der Waals surface area contributed by atoms with Crippen LogP contribution in [0.2, 0.25) is 0 Å². The van der Waals surface area contributed by atoms with Crippen LogP contribution < -0.4 is 0 Å². The van der Waals surface area contributed by atoms with Gasteiger partial charge in [0.2, 0.25) is 0 Å². The molecule has 0 N–H and O–H groups in total. The summed E-state index contributed by atoms with van der Waals surface area (Å²) in [5.74, 6) is 0. The maximum atomic E-state index is 10.5. The zero-order chi connectivity index (χ0) is 9.68. The number of alkyl halides is 1. The number of nitro groups is 1. The van der Waals surface area contributed by atoms with Crippen LogP contribution in [0.3, 0.4) is 0 Å². The Bertz CT molecular complexity index is 336. The van der Waals surface area contributed by atoms with Crippen LogP contribution in [0.4, 0.5) is 5.69 Å². The minimum absolute atomic E-state index is 0.139. The van der Waals surface area contributed by atoms with E-state index in [2.05, 4.69) is 15.9 Å². The second-order valence-corrected chi connectivity index (χ2v) is 3.02. The molecule has 1 rings (SSSR count). The van der Waals surface area contributed by atoms with Gasteiger partial charge in [0, 0.05) is 11.4 Å². The number of hydrogen-bond acceptors (Lipinski definition) is 2. The fraction of sp³-hybridized carbons (Fsp3) is 0.111. The molecule has 0 fully saturated rings. The van der Waals surface area contributed by atoms with Gasteiger partial charge in [-0.3, -0.25) is 10.1 Å². The molecule has 1 aromatic carbocycles. The molecule has 0 aliphatic heterocycles. The molecule has 0 unspecified atom stereocenters. The number of halogens is 1. The lowest BCUT2D eigenvalue weighted by atomic mass is 10.2. The van der Waals surface area contributed by atoms with E-state index < -0.39 is 0 Å². The third-order valence-electron chi connectivity index (χ3n) is 1.52. The summed E-state index contributed by atoms with van der Waals surface area (Å²) in [4.78, 5) is 10.2. The number of hydrogen-bond donors (Lipinski definition) is 0. The molecule has 3 nitrogen and oxygen atoms in total. The van der Waals surface area contributed by atoms with E-state index in [0.717, 1.165) is 0 Å². The molecule has 0 saturated carbocycles. The first kappa shape index (κ1) is 9.92. The van der Waals surface area contributed by atoms with Gasteiger partial charge in [-0.1, -0.05) is 40.2 Å². The molecule has 0 amide bonds. The Kier molecular flexibility index (Phi) is 3.64. The zero-order valence-electron chi connectivity index (χ0n) is 6.81. The molecule has 0 heterocycles. The predicted molar refractivity (Wildman–Crippen MR) is 55.9 cm³/mol. The highest BCUT2D eigenvalue weighted by Crippen LogP contribution is 2.18. The highest BCUT2D eigenvalue weighted by atomic mass is 79.9. The molecule has 68 valence electrons. The van der Waals surface area contributed by atoms with Gasteiger partial charge in [-0.15, -0.1) is 0 Å². The van der Waals surface area contributed by atoms with E-state index in [1.165, 1.54) is 6.07 Å². The smallest absolute Gasteiger partial charge is 0.258 e. The summed E-state index contributed by atoms with van der Waals surface area (Å²) in [6.45, 7) is 0. The molecule has 4 heteroatoms. The maximum absolute atomic E-state index is 10.5. The normalized spacial score (nSPS) is 10.5. The monoisotopic (exact) mass is 241 g/mol. The molecule has 1 aromatic rings. The molecule has 0 aliphatic carbocycles. The molecule has 0 spiro atoms. The van der Waals surface area contributed by atoms with Crippen LogP contribution in [0.25, 0.3) is 6.08 Å². The Morgan fingerprint density at radius 2 is 2.15 bits per heavy atom. The van der Waals surface area contributed by atoms with E-state index in [9.17, 15) is 10.1 Å². The highest BCUT2D eigenvalue weighted by molar-refractivity contribution is 9.09. The van der Waals surface area contributed by atoms with E-state index in [-0.39, 0.29) is 10.6 Å². The molecule has 0 radical (unpaired) electrons. The first-order valence-electron chi connectivity index (χ1n) is 3.71. The molecule has 0 bridgehead atoms. The summed E-state index contributed by atoms with van der Waals surface area (Å²) in [5, 5.41) is 11.2. The molecular weight excluding hydrogens is 234 g/mol. The molecule has 0 aliphatic rings. The van der Waals surface area contributed by atoms with Crippen LogP contribution >= 0.6 is 15.9 Å². The lowest BCUT2D eigenvalue weighted by Gasteiger charge is -1.95. The lowest BCUT2D eigenvalue weighted by Crippen LogP contribution is -1.90. The Morgan fingerprint density at radius 1 is 1.46 bits per heavy atom. The van der Waals surface area contributed by atoms with Gasteiger partial charge >= 0.3 is 0 Å². The number of benzene rings is 1. The number of nitro benzene ring substituents is 1. The average Bonchev–Trinajstić information content (AvgIpc) is 2.15. The van der Waals surface area contributed by atoms with Crippen molar-refractivity contribution in [1.29, 1.82) is 0 Å². The fourth-order valence-electron chi connectivity index (χ4n) is 0.966. The van der Waals surface area contributed by atoms with Crippen molar-refractivity contribution in [2.45, 2.75) is 0 Å². The van der Waals surface area contributed by atoms with Crippen molar-refractivity contribution in [3.8, 4) is 0 Å². The van der Waals surface area contributed by atoms with E-state index >= 15 is 0 Å². The van der Waals surface area contributed by atoms with Crippen LogP contribution in [0.5, 0.6) is 0 Å². The maximum Gasteiger partial charge on any atom is 0.276 e. The highest BCUT2D eigenvalue weighted by Gasteiger charge is 2.08. The number of allylic oxidation sites excluding steroid dienone is 1. The Balaban J connectivity index is 3.05. The van der Waals surface area contributed by atoms with Gasteiger partial charge in [-0.05, 0) is 6.07 Å². The molecular formula is C9H8BrNO2. The van der Waals surface area contributed by atoms with Gasteiger partial charge in [-0.25, -0.2) is 0 Å². The largest absolute Gasteiger partial charge is 0.276 e. The second kappa shape index (κ2) is 4.77. The number of rotatable bonds is 3. The van der Waals surface area contributed by atoms with E-state index in [1.54, 1.807) is 24.3 Å². The van der Waals surface area contributed by atoms with Crippen molar-refractivity contribution in [3.05, 3.63) is 46.0 Å². The number of para-hydroxylation sites is 1. The zero-order valence-corrected chi connectivity index (χ0v) is 8.40. The predicted octanol–water partition coefficient (Wildman–Crippen LogP) is 3.00. The van der Waals surface area contributed by atoms with Crippen LogP contribution in [-0.2, 0) is 0 Å². The summed E-state index contributed by atoms with van der Waals surface area (Å²) in [5.41, 5.74) is 0.770. The minimum atomic E-state index is -0.381. The van der Waals surface area contributed by atoms with Crippen LogP contribution in [0.15, 0.2) is 30.3 Å².